The fourth-order valence-electron chi connectivity index (χ4n) is 2.46. The summed E-state index contributed by atoms with van der Waals surface area (Å²) in [4.78, 5) is 24.2. The maximum absolute atomic E-state index is 12.1. The smallest absolute Gasteiger partial charge is 0.351 e. The second-order valence-electron chi connectivity index (χ2n) is 5.46. The number of para-hydroxylation sites is 2. The van der Waals surface area contributed by atoms with E-state index in [0.29, 0.717) is 28.2 Å². The van der Waals surface area contributed by atoms with E-state index < -0.39 is 24.6 Å². The summed E-state index contributed by atoms with van der Waals surface area (Å²) in [6.45, 7) is -0.407. The van der Waals surface area contributed by atoms with E-state index in [0.717, 1.165) is 11.7 Å². The highest BCUT2D eigenvalue weighted by atomic mass is 32.1. The zero-order valence-corrected chi connectivity index (χ0v) is 14.2. The minimum absolute atomic E-state index is 0.0290. The van der Waals surface area contributed by atoms with Crippen LogP contribution >= 0.6 is 11.7 Å². The van der Waals surface area contributed by atoms with Crippen molar-refractivity contribution in [3.8, 4) is 11.5 Å². The van der Waals surface area contributed by atoms with Crippen molar-refractivity contribution in [1.82, 2.24) is 8.75 Å². The van der Waals surface area contributed by atoms with Gasteiger partial charge in [0.1, 0.15) is 17.6 Å². The fraction of sp³-hybridized carbons (Fsp3) is 0.176. The van der Waals surface area contributed by atoms with Gasteiger partial charge in [-0.1, -0.05) is 18.2 Å². The quantitative estimate of drug-likeness (QED) is 0.700. The van der Waals surface area contributed by atoms with Gasteiger partial charge in [-0.15, -0.1) is 0 Å². The average molecular weight is 371 g/mol. The first-order valence-corrected chi connectivity index (χ1v) is 8.50. The molecular formula is C17H13N3O5S. The number of esters is 1. The van der Waals surface area contributed by atoms with Gasteiger partial charge in [-0.2, -0.15) is 8.75 Å². The Labute approximate surface area is 152 Å². The molecule has 132 valence electrons. The molecule has 0 radical (unpaired) electrons. The van der Waals surface area contributed by atoms with Gasteiger partial charge in [-0.3, -0.25) is 4.79 Å². The van der Waals surface area contributed by atoms with E-state index >= 15 is 0 Å². The van der Waals surface area contributed by atoms with Crippen molar-refractivity contribution in [2.45, 2.75) is 6.10 Å². The number of carbonyl (C=O) groups is 2. The summed E-state index contributed by atoms with van der Waals surface area (Å²) in [5, 5.41) is 2.66. The molecule has 2 aromatic carbocycles. The van der Waals surface area contributed by atoms with Crippen LogP contribution in [0.5, 0.6) is 11.5 Å². The Balaban J connectivity index is 1.33. The normalized spacial score (nSPS) is 15.5. The van der Waals surface area contributed by atoms with Gasteiger partial charge < -0.3 is 19.5 Å². The third-order valence-corrected chi connectivity index (χ3v) is 4.22. The first-order chi connectivity index (χ1) is 12.7. The zero-order chi connectivity index (χ0) is 17.9. The molecule has 0 saturated carbocycles. The Morgan fingerprint density at radius 3 is 2.88 bits per heavy atom. The number of ether oxygens (including phenoxy) is 3. The van der Waals surface area contributed by atoms with Gasteiger partial charge in [0.15, 0.2) is 18.1 Å². The Bertz CT molecular complexity index is 974. The predicted molar refractivity (Wildman–Crippen MR) is 93.4 cm³/mol. The summed E-state index contributed by atoms with van der Waals surface area (Å²) in [5.41, 5.74) is 1.80. The van der Waals surface area contributed by atoms with Crippen molar-refractivity contribution < 1.29 is 23.8 Å². The monoisotopic (exact) mass is 371 g/mol. The van der Waals surface area contributed by atoms with Crippen LogP contribution in [-0.4, -0.2) is 39.9 Å². The van der Waals surface area contributed by atoms with E-state index in [1.807, 2.05) is 6.07 Å². The highest BCUT2D eigenvalue weighted by molar-refractivity contribution is 7.00. The number of aromatic nitrogens is 2. The molecule has 0 fully saturated rings. The van der Waals surface area contributed by atoms with Crippen LogP contribution in [0.15, 0.2) is 42.5 Å². The van der Waals surface area contributed by atoms with Crippen molar-refractivity contribution in [3.63, 3.8) is 0 Å². The fourth-order valence-corrected chi connectivity index (χ4v) is 3.01. The van der Waals surface area contributed by atoms with Crippen LogP contribution in [0, 0.1) is 0 Å². The van der Waals surface area contributed by atoms with Crippen molar-refractivity contribution >= 4 is 40.3 Å². The van der Waals surface area contributed by atoms with Gasteiger partial charge in [-0.05, 0) is 24.3 Å². The molecule has 1 aliphatic heterocycles. The summed E-state index contributed by atoms with van der Waals surface area (Å²) < 4.78 is 24.3. The SMILES string of the molecule is O=C(COC(=O)[C@@H]1COc2ccccc2O1)Nc1cccc2nsnc12. The minimum Gasteiger partial charge on any atom is -0.485 e. The largest absolute Gasteiger partial charge is 0.485 e. The van der Waals surface area contributed by atoms with Gasteiger partial charge in [0.25, 0.3) is 5.91 Å². The van der Waals surface area contributed by atoms with Crippen LogP contribution in [0.2, 0.25) is 0 Å². The molecule has 1 aliphatic rings. The molecule has 0 bridgehead atoms. The third-order valence-electron chi connectivity index (χ3n) is 3.68. The number of nitrogens with one attached hydrogen (secondary N) is 1. The van der Waals surface area contributed by atoms with Crippen molar-refractivity contribution in [2.75, 3.05) is 18.5 Å². The maximum Gasteiger partial charge on any atom is 0.351 e. The Morgan fingerprint density at radius 2 is 2.00 bits per heavy atom. The molecule has 3 aromatic rings. The van der Waals surface area contributed by atoms with Gasteiger partial charge in [0.05, 0.1) is 17.4 Å². The van der Waals surface area contributed by atoms with Crippen LogP contribution < -0.4 is 14.8 Å². The molecule has 0 aliphatic carbocycles. The van der Waals surface area contributed by atoms with Crippen LogP contribution in [0.3, 0.4) is 0 Å². The number of anilines is 1. The van der Waals surface area contributed by atoms with Crippen LogP contribution in [-0.2, 0) is 14.3 Å². The summed E-state index contributed by atoms with van der Waals surface area (Å²) in [6, 6.07) is 12.3. The highest BCUT2D eigenvalue weighted by Crippen LogP contribution is 2.31. The van der Waals surface area contributed by atoms with Crippen LogP contribution in [0.25, 0.3) is 11.0 Å². The van der Waals surface area contributed by atoms with E-state index in [1.165, 1.54) is 0 Å². The molecule has 1 amide bonds. The van der Waals surface area contributed by atoms with E-state index in [-0.39, 0.29) is 6.61 Å². The topological polar surface area (TPSA) is 99.6 Å². The van der Waals surface area contributed by atoms with E-state index in [2.05, 4.69) is 14.1 Å². The van der Waals surface area contributed by atoms with Gasteiger partial charge in [-0.25, -0.2) is 4.79 Å². The molecule has 8 nitrogen and oxygen atoms in total. The summed E-state index contributed by atoms with van der Waals surface area (Å²) >= 11 is 1.06. The maximum atomic E-state index is 12.1. The summed E-state index contributed by atoms with van der Waals surface area (Å²) in [7, 11) is 0. The standard InChI is InChI=1S/C17H13N3O5S/c21-15(18-10-4-3-5-11-16(10)20-26-19-11)9-24-17(22)14-8-23-12-6-1-2-7-13(12)25-14/h1-7,14H,8-9H2,(H,18,21)/t14-/m0/s1. The van der Waals surface area contributed by atoms with Gasteiger partial charge in [0.2, 0.25) is 6.10 Å². The van der Waals surface area contributed by atoms with Gasteiger partial charge in [0, 0.05) is 0 Å². The molecule has 0 spiro atoms. The third kappa shape index (κ3) is 3.29. The van der Waals surface area contributed by atoms with E-state index in [9.17, 15) is 9.59 Å². The molecule has 1 aromatic heterocycles. The van der Waals surface area contributed by atoms with Crippen molar-refractivity contribution in [3.05, 3.63) is 42.5 Å². The minimum atomic E-state index is -0.913. The Hall–Kier alpha value is -3.20. The lowest BCUT2D eigenvalue weighted by molar-refractivity contribution is -0.156. The zero-order valence-electron chi connectivity index (χ0n) is 13.4. The second-order valence-corrected chi connectivity index (χ2v) is 5.99. The molecule has 0 unspecified atom stereocenters. The van der Waals surface area contributed by atoms with Crippen LogP contribution in [0.4, 0.5) is 5.69 Å². The molecule has 2 heterocycles. The summed E-state index contributed by atoms with van der Waals surface area (Å²) in [5.74, 6) is -0.105. The summed E-state index contributed by atoms with van der Waals surface area (Å²) in [6.07, 6.45) is -0.913. The number of nitrogens with zero attached hydrogens (tertiary/aromatic N) is 2. The first-order valence-electron chi connectivity index (χ1n) is 7.77. The molecule has 4 rings (SSSR count). The molecule has 9 heteroatoms. The lowest BCUT2D eigenvalue weighted by atomic mass is 10.2. The number of fused-ring (bicyclic) bond motifs is 2. The lowest BCUT2D eigenvalue weighted by Crippen LogP contribution is -2.39. The average Bonchev–Trinajstić information content (AvgIpc) is 3.15. The van der Waals surface area contributed by atoms with E-state index in [1.54, 1.807) is 36.4 Å². The lowest BCUT2D eigenvalue weighted by Gasteiger charge is -2.24. The molecular weight excluding hydrogens is 358 g/mol. The Morgan fingerprint density at radius 1 is 1.15 bits per heavy atom. The number of benzene rings is 2. The number of rotatable bonds is 4. The number of carbonyl (C=O) groups excluding carboxylic acids is 2. The van der Waals surface area contributed by atoms with Gasteiger partial charge >= 0.3 is 5.97 Å². The molecule has 26 heavy (non-hydrogen) atoms. The molecule has 0 saturated heterocycles. The number of hydrogen-bond acceptors (Lipinski definition) is 8. The molecule has 1 N–H and O–H groups in total. The highest BCUT2D eigenvalue weighted by Gasteiger charge is 2.29. The predicted octanol–water partition coefficient (Wildman–Crippen LogP) is 2.01. The van der Waals surface area contributed by atoms with Crippen molar-refractivity contribution in [2.24, 2.45) is 0 Å². The number of hydrogen-bond donors (Lipinski definition) is 1. The van der Waals surface area contributed by atoms with E-state index in [4.69, 9.17) is 14.2 Å². The first kappa shape index (κ1) is 16.3. The van der Waals surface area contributed by atoms with Crippen LogP contribution in [0.1, 0.15) is 0 Å². The number of amides is 1. The Kier molecular flexibility index (Phi) is 4.36. The second kappa shape index (κ2) is 6.96. The van der Waals surface area contributed by atoms with Crippen molar-refractivity contribution in [1.29, 1.82) is 0 Å². The molecule has 1 atom stereocenters.